The average Bonchev–Trinajstić information content (AvgIpc) is 2.90. The van der Waals surface area contributed by atoms with Gasteiger partial charge < -0.3 is 15.4 Å². The molecule has 0 aliphatic carbocycles. The lowest BCUT2D eigenvalue weighted by Gasteiger charge is -2.10. The predicted octanol–water partition coefficient (Wildman–Crippen LogP) is 3.33. The number of carbonyl (C=O) groups is 1. The summed E-state index contributed by atoms with van der Waals surface area (Å²) in [6, 6.07) is 0. The molecule has 6 nitrogen and oxygen atoms in total. The number of nitrogens with zero attached hydrogens (tertiary/aromatic N) is 2. The van der Waals surface area contributed by atoms with Gasteiger partial charge >= 0.3 is 5.97 Å². The predicted molar refractivity (Wildman–Crippen MR) is 104 cm³/mol. The van der Waals surface area contributed by atoms with Gasteiger partial charge in [-0.05, 0) is 40.5 Å². The van der Waals surface area contributed by atoms with E-state index in [1.54, 1.807) is 11.3 Å². The fourth-order valence-electron chi connectivity index (χ4n) is 2.28. The largest absolute Gasteiger partial charge is 0.466 e. The Balaban J connectivity index is 2.22. The van der Waals surface area contributed by atoms with Crippen molar-refractivity contribution in [2.45, 2.75) is 66.3 Å². The molecule has 0 aliphatic heterocycles. The number of guanidine groups is 1. The van der Waals surface area contributed by atoms with Gasteiger partial charge in [0.05, 0.1) is 18.8 Å². The normalized spacial score (nSPS) is 11.4. The molecular weight excluding hydrogens is 336 g/mol. The number of rotatable bonds is 11. The summed E-state index contributed by atoms with van der Waals surface area (Å²) in [6.45, 7) is 10.8. The highest BCUT2D eigenvalue weighted by Crippen LogP contribution is 2.16. The SMILES string of the molecule is CCNC(=NCc1nc(C)c(C)s1)NCCCCCCC(=O)OCC. The van der Waals surface area contributed by atoms with Crippen molar-refractivity contribution in [2.24, 2.45) is 4.99 Å². The van der Waals surface area contributed by atoms with Crippen LogP contribution in [0, 0.1) is 13.8 Å². The van der Waals surface area contributed by atoms with E-state index >= 15 is 0 Å². The second kappa shape index (κ2) is 12.7. The van der Waals surface area contributed by atoms with Crippen molar-refractivity contribution in [1.29, 1.82) is 0 Å². The third kappa shape index (κ3) is 9.43. The van der Waals surface area contributed by atoms with Gasteiger partial charge in [-0.15, -0.1) is 11.3 Å². The number of aliphatic imine (C=N–C) groups is 1. The van der Waals surface area contributed by atoms with Gasteiger partial charge in [-0.2, -0.15) is 0 Å². The maximum Gasteiger partial charge on any atom is 0.305 e. The molecule has 25 heavy (non-hydrogen) atoms. The van der Waals surface area contributed by atoms with Crippen molar-refractivity contribution in [1.82, 2.24) is 15.6 Å². The second-order valence-electron chi connectivity index (χ2n) is 5.84. The van der Waals surface area contributed by atoms with Crippen LogP contribution in [0.3, 0.4) is 0 Å². The summed E-state index contributed by atoms with van der Waals surface area (Å²) in [6.07, 6.45) is 4.62. The molecule has 0 spiro atoms. The van der Waals surface area contributed by atoms with Gasteiger partial charge in [-0.3, -0.25) is 4.79 Å². The van der Waals surface area contributed by atoms with Crippen molar-refractivity contribution in [3.8, 4) is 0 Å². The van der Waals surface area contributed by atoms with Crippen molar-refractivity contribution in [3.63, 3.8) is 0 Å². The van der Waals surface area contributed by atoms with Crippen molar-refractivity contribution in [3.05, 3.63) is 15.6 Å². The molecule has 7 heteroatoms. The Labute approximate surface area is 155 Å². The van der Waals surface area contributed by atoms with Gasteiger partial charge in [0.2, 0.25) is 0 Å². The second-order valence-corrected chi connectivity index (χ2v) is 7.13. The molecule has 0 aliphatic rings. The molecule has 0 bridgehead atoms. The number of hydrogen-bond acceptors (Lipinski definition) is 5. The summed E-state index contributed by atoms with van der Waals surface area (Å²) in [5.74, 6) is 0.745. The minimum atomic E-state index is -0.0881. The first-order chi connectivity index (χ1) is 12.1. The minimum Gasteiger partial charge on any atom is -0.466 e. The monoisotopic (exact) mass is 368 g/mol. The third-order valence-electron chi connectivity index (χ3n) is 3.69. The highest BCUT2D eigenvalue weighted by molar-refractivity contribution is 7.11. The number of ether oxygens (including phenoxy) is 1. The van der Waals surface area contributed by atoms with Gasteiger partial charge in [-0.1, -0.05) is 12.8 Å². The molecule has 0 aromatic carbocycles. The molecule has 1 aromatic rings. The molecule has 1 aromatic heterocycles. The van der Waals surface area contributed by atoms with Gasteiger partial charge in [0.15, 0.2) is 5.96 Å². The maximum absolute atomic E-state index is 11.2. The summed E-state index contributed by atoms with van der Waals surface area (Å²) in [7, 11) is 0. The number of nitrogens with one attached hydrogen (secondary N) is 2. The van der Waals surface area contributed by atoms with E-state index in [-0.39, 0.29) is 5.97 Å². The fourth-order valence-corrected chi connectivity index (χ4v) is 3.14. The van der Waals surface area contributed by atoms with Gasteiger partial charge in [0, 0.05) is 24.4 Å². The van der Waals surface area contributed by atoms with E-state index < -0.39 is 0 Å². The van der Waals surface area contributed by atoms with Crippen LogP contribution in [-0.4, -0.2) is 36.6 Å². The molecule has 0 saturated carbocycles. The first-order valence-electron chi connectivity index (χ1n) is 9.17. The molecule has 1 heterocycles. The zero-order valence-electron chi connectivity index (χ0n) is 16.0. The van der Waals surface area contributed by atoms with Crippen molar-refractivity contribution < 1.29 is 9.53 Å². The zero-order valence-corrected chi connectivity index (χ0v) is 16.8. The Kier molecular flexibility index (Phi) is 10.9. The van der Waals surface area contributed by atoms with Crippen LogP contribution in [0.15, 0.2) is 4.99 Å². The van der Waals surface area contributed by atoms with Gasteiger partial charge in [0.1, 0.15) is 5.01 Å². The Morgan fingerprint density at radius 3 is 2.56 bits per heavy atom. The topological polar surface area (TPSA) is 75.6 Å². The Hall–Kier alpha value is -1.63. The van der Waals surface area contributed by atoms with E-state index in [0.29, 0.717) is 19.6 Å². The smallest absolute Gasteiger partial charge is 0.305 e. The van der Waals surface area contributed by atoms with Crippen LogP contribution in [0.4, 0.5) is 0 Å². The molecule has 0 unspecified atom stereocenters. The van der Waals surface area contributed by atoms with E-state index in [1.165, 1.54) is 4.88 Å². The van der Waals surface area contributed by atoms with Gasteiger partial charge in [0.25, 0.3) is 0 Å². The average molecular weight is 369 g/mol. The number of aromatic nitrogens is 1. The molecule has 142 valence electrons. The summed E-state index contributed by atoms with van der Waals surface area (Å²) >= 11 is 1.71. The lowest BCUT2D eigenvalue weighted by Crippen LogP contribution is -2.37. The molecular formula is C18H32N4O2S. The van der Waals surface area contributed by atoms with Crippen LogP contribution in [0.25, 0.3) is 0 Å². The highest BCUT2D eigenvalue weighted by Gasteiger charge is 2.04. The van der Waals surface area contributed by atoms with Gasteiger partial charge in [-0.25, -0.2) is 9.98 Å². The lowest BCUT2D eigenvalue weighted by atomic mass is 10.1. The quantitative estimate of drug-likeness (QED) is 0.271. The van der Waals surface area contributed by atoms with Crippen molar-refractivity contribution >= 4 is 23.3 Å². The van der Waals surface area contributed by atoms with Crippen LogP contribution in [-0.2, 0) is 16.1 Å². The summed E-state index contributed by atoms with van der Waals surface area (Å²) < 4.78 is 4.92. The van der Waals surface area contributed by atoms with Crippen LogP contribution in [0.1, 0.15) is 61.5 Å². The Bertz CT molecular complexity index is 524. The van der Waals surface area contributed by atoms with Crippen LogP contribution >= 0.6 is 11.3 Å². The first-order valence-corrected chi connectivity index (χ1v) is 9.99. The van der Waals surface area contributed by atoms with E-state index in [2.05, 4.69) is 34.5 Å². The number of esters is 1. The lowest BCUT2D eigenvalue weighted by molar-refractivity contribution is -0.143. The minimum absolute atomic E-state index is 0.0881. The Morgan fingerprint density at radius 1 is 1.16 bits per heavy atom. The number of aryl methyl sites for hydroxylation is 2. The summed E-state index contributed by atoms with van der Waals surface area (Å²) in [4.78, 5) is 21.6. The van der Waals surface area contributed by atoms with E-state index in [0.717, 1.165) is 55.4 Å². The number of hydrogen-bond donors (Lipinski definition) is 2. The molecule has 0 fully saturated rings. The summed E-state index contributed by atoms with van der Waals surface area (Å²) in [5.41, 5.74) is 1.09. The zero-order chi connectivity index (χ0) is 18.5. The standard InChI is InChI=1S/C18H32N4O2S/c1-5-19-18(21-13-16-22-14(3)15(4)25-16)20-12-10-8-7-9-11-17(23)24-6-2/h5-13H2,1-4H3,(H2,19,20,21). The molecule has 0 saturated heterocycles. The first kappa shape index (κ1) is 21.4. The maximum atomic E-state index is 11.2. The molecule has 0 atom stereocenters. The molecule has 0 amide bonds. The van der Waals surface area contributed by atoms with Crippen LogP contribution in [0.5, 0.6) is 0 Å². The fraction of sp³-hybridized carbons (Fsp3) is 0.722. The number of thiazole rings is 1. The van der Waals surface area contributed by atoms with Crippen LogP contribution < -0.4 is 10.6 Å². The van der Waals surface area contributed by atoms with Crippen molar-refractivity contribution in [2.75, 3.05) is 19.7 Å². The highest BCUT2D eigenvalue weighted by atomic mass is 32.1. The number of carbonyl (C=O) groups excluding carboxylic acids is 1. The molecule has 1 rings (SSSR count). The molecule has 2 N–H and O–H groups in total. The summed E-state index contributed by atoms with van der Waals surface area (Å²) in [5, 5.41) is 7.66. The van der Waals surface area contributed by atoms with E-state index in [1.807, 2.05) is 13.8 Å². The van der Waals surface area contributed by atoms with E-state index in [4.69, 9.17) is 4.74 Å². The van der Waals surface area contributed by atoms with E-state index in [9.17, 15) is 4.79 Å². The Morgan fingerprint density at radius 2 is 1.92 bits per heavy atom. The third-order valence-corrected chi connectivity index (χ3v) is 4.75. The number of unbranched alkanes of at least 4 members (excludes halogenated alkanes) is 3. The molecule has 0 radical (unpaired) electrons. The van der Waals surface area contributed by atoms with Crippen LogP contribution in [0.2, 0.25) is 0 Å².